The van der Waals surface area contributed by atoms with Gasteiger partial charge in [0.15, 0.2) is 0 Å². The van der Waals surface area contributed by atoms with Crippen LogP contribution in [0, 0.1) is 6.92 Å². The first-order valence-electron chi connectivity index (χ1n) is 5.93. The van der Waals surface area contributed by atoms with Gasteiger partial charge in [-0.15, -0.1) is 11.3 Å². The van der Waals surface area contributed by atoms with Gasteiger partial charge < -0.3 is 9.67 Å². The summed E-state index contributed by atoms with van der Waals surface area (Å²) in [7, 11) is 1.90. The number of hydrogen-bond acceptors (Lipinski definition) is 4. The molecule has 0 saturated heterocycles. The monoisotopic (exact) mass is 265 g/mol. The van der Waals surface area contributed by atoms with E-state index in [0.717, 1.165) is 16.5 Å². The highest BCUT2D eigenvalue weighted by Crippen LogP contribution is 2.29. The molecule has 4 nitrogen and oxygen atoms in total. The fraction of sp³-hybridized carbons (Fsp3) is 0.538. The predicted octanol–water partition coefficient (Wildman–Crippen LogP) is 2.56. The molecule has 1 N–H and O–H groups in total. The minimum Gasteiger partial charge on any atom is -0.380 e. The van der Waals surface area contributed by atoms with Crippen LogP contribution in [0.25, 0.3) is 0 Å². The highest BCUT2D eigenvalue weighted by atomic mass is 32.1. The van der Waals surface area contributed by atoms with Crippen molar-refractivity contribution >= 4 is 11.3 Å². The molecule has 98 valence electrons. The maximum atomic E-state index is 10.3. The summed E-state index contributed by atoms with van der Waals surface area (Å²) in [6.07, 6.45) is 0.999. The zero-order valence-electron chi connectivity index (χ0n) is 11.4. The molecule has 18 heavy (non-hydrogen) atoms. The van der Waals surface area contributed by atoms with Crippen LogP contribution in [0.2, 0.25) is 0 Å². The van der Waals surface area contributed by atoms with Crippen molar-refractivity contribution in [2.24, 2.45) is 7.05 Å². The van der Waals surface area contributed by atoms with Crippen LogP contribution in [-0.2, 0) is 12.5 Å². The second kappa shape index (κ2) is 4.48. The van der Waals surface area contributed by atoms with Crippen molar-refractivity contribution in [2.75, 3.05) is 0 Å². The van der Waals surface area contributed by atoms with E-state index in [1.165, 1.54) is 0 Å². The third kappa shape index (κ3) is 2.33. The average Bonchev–Trinajstić information content (AvgIpc) is 2.86. The van der Waals surface area contributed by atoms with Crippen molar-refractivity contribution in [1.82, 2.24) is 14.5 Å². The molecular formula is C13H19N3OS. The molecule has 2 rings (SSSR count). The van der Waals surface area contributed by atoms with Gasteiger partial charge in [0.25, 0.3) is 0 Å². The van der Waals surface area contributed by atoms with Crippen molar-refractivity contribution in [3.63, 3.8) is 0 Å². The van der Waals surface area contributed by atoms with E-state index < -0.39 is 6.10 Å². The number of thiazole rings is 1. The van der Waals surface area contributed by atoms with Crippen LogP contribution in [0.3, 0.4) is 0 Å². The Morgan fingerprint density at radius 2 is 2.06 bits per heavy atom. The molecule has 0 fully saturated rings. The molecular weight excluding hydrogens is 246 g/mol. The molecule has 2 aromatic rings. The average molecular weight is 265 g/mol. The first kappa shape index (κ1) is 13.2. The Morgan fingerprint density at radius 1 is 1.39 bits per heavy atom. The molecule has 5 heteroatoms. The quantitative estimate of drug-likeness (QED) is 0.908. The van der Waals surface area contributed by atoms with Crippen molar-refractivity contribution < 1.29 is 5.11 Å². The molecule has 1 unspecified atom stereocenters. The number of hydrogen-bond donors (Lipinski definition) is 1. The van der Waals surface area contributed by atoms with E-state index >= 15 is 0 Å². The summed E-state index contributed by atoms with van der Waals surface area (Å²) in [5.41, 5.74) is 1.50. The van der Waals surface area contributed by atoms with E-state index in [2.05, 4.69) is 30.7 Å². The topological polar surface area (TPSA) is 50.9 Å². The zero-order chi connectivity index (χ0) is 13.5. The van der Waals surface area contributed by atoms with Crippen LogP contribution in [0.15, 0.2) is 11.6 Å². The Hall–Kier alpha value is -1.20. The number of aliphatic hydroxyl groups is 1. The highest BCUT2D eigenvalue weighted by molar-refractivity contribution is 7.09. The Kier molecular flexibility index (Phi) is 3.29. The van der Waals surface area contributed by atoms with Gasteiger partial charge in [-0.25, -0.2) is 9.97 Å². The van der Waals surface area contributed by atoms with E-state index in [-0.39, 0.29) is 5.41 Å². The largest absolute Gasteiger partial charge is 0.380 e. The van der Waals surface area contributed by atoms with Gasteiger partial charge in [-0.05, 0) is 6.92 Å². The minimum atomic E-state index is -0.705. The van der Waals surface area contributed by atoms with E-state index in [0.29, 0.717) is 5.69 Å². The van der Waals surface area contributed by atoms with Crippen molar-refractivity contribution in [1.29, 1.82) is 0 Å². The maximum absolute atomic E-state index is 10.3. The number of nitrogens with zero attached hydrogens (tertiary/aromatic N) is 3. The van der Waals surface area contributed by atoms with Crippen LogP contribution < -0.4 is 0 Å². The number of aliphatic hydroxyl groups excluding tert-OH is 1. The molecule has 2 heterocycles. The van der Waals surface area contributed by atoms with Gasteiger partial charge >= 0.3 is 0 Å². The second-order valence-electron chi connectivity index (χ2n) is 5.52. The molecule has 0 aliphatic heterocycles. The maximum Gasteiger partial charge on any atom is 0.138 e. The Bertz CT molecular complexity index is 551. The predicted molar refractivity (Wildman–Crippen MR) is 72.8 cm³/mol. The molecule has 0 spiro atoms. The first-order valence-corrected chi connectivity index (χ1v) is 6.81. The number of aromatic nitrogens is 3. The van der Waals surface area contributed by atoms with Gasteiger partial charge in [-0.2, -0.15) is 0 Å². The summed E-state index contributed by atoms with van der Waals surface area (Å²) in [6, 6.07) is 0. The van der Waals surface area contributed by atoms with E-state index in [1.807, 2.05) is 23.9 Å². The van der Waals surface area contributed by atoms with Gasteiger partial charge in [0.2, 0.25) is 0 Å². The lowest BCUT2D eigenvalue weighted by Crippen LogP contribution is -2.12. The third-order valence-corrected chi connectivity index (χ3v) is 4.27. The van der Waals surface area contributed by atoms with Gasteiger partial charge in [-0.3, -0.25) is 0 Å². The van der Waals surface area contributed by atoms with Gasteiger partial charge in [-0.1, -0.05) is 20.8 Å². The third-order valence-electron chi connectivity index (χ3n) is 2.98. The molecule has 1 atom stereocenters. The van der Waals surface area contributed by atoms with Crippen molar-refractivity contribution in [2.45, 2.75) is 39.2 Å². The second-order valence-corrected chi connectivity index (χ2v) is 6.38. The minimum absolute atomic E-state index is 0.0189. The lowest BCUT2D eigenvalue weighted by Gasteiger charge is -2.14. The van der Waals surface area contributed by atoms with Gasteiger partial charge in [0, 0.05) is 17.8 Å². The summed E-state index contributed by atoms with van der Waals surface area (Å²) in [5, 5.41) is 13.3. The fourth-order valence-corrected chi connectivity index (χ4v) is 2.61. The van der Waals surface area contributed by atoms with Crippen LogP contribution in [0.4, 0.5) is 0 Å². The van der Waals surface area contributed by atoms with Gasteiger partial charge in [0.1, 0.15) is 11.9 Å². The standard InChI is InChI=1S/C13H19N3OS/c1-8-14-6-10(16(8)5)11(17)9-7-18-12(15-9)13(2,3)4/h6-7,11,17H,1-5H3. The summed E-state index contributed by atoms with van der Waals surface area (Å²) < 4.78 is 1.89. The number of aryl methyl sites for hydroxylation is 1. The Morgan fingerprint density at radius 3 is 2.50 bits per heavy atom. The molecule has 0 bridgehead atoms. The molecule has 0 radical (unpaired) electrons. The normalized spacial score (nSPS) is 13.9. The molecule has 0 aliphatic rings. The lowest BCUT2D eigenvalue weighted by atomic mass is 9.98. The fourth-order valence-electron chi connectivity index (χ4n) is 1.68. The smallest absolute Gasteiger partial charge is 0.138 e. The van der Waals surface area contributed by atoms with E-state index in [1.54, 1.807) is 17.5 Å². The highest BCUT2D eigenvalue weighted by Gasteiger charge is 2.22. The Balaban J connectivity index is 2.32. The SMILES string of the molecule is Cc1ncc(C(O)c2csc(C(C)(C)C)n2)n1C. The molecule has 0 aromatic carbocycles. The molecule has 2 aromatic heterocycles. The van der Waals surface area contributed by atoms with Crippen molar-refractivity contribution in [3.8, 4) is 0 Å². The summed E-state index contributed by atoms with van der Waals surface area (Å²) in [5.74, 6) is 0.885. The zero-order valence-corrected chi connectivity index (χ0v) is 12.2. The molecule has 0 saturated carbocycles. The first-order chi connectivity index (χ1) is 8.30. The van der Waals surface area contributed by atoms with Crippen LogP contribution in [0.5, 0.6) is 0 Å². The number of rotatable bonds is 2. The van der Waals surface area contributed by atoms with Gasteiger partial charge in [0.05, 0.1) is 22.6 Å². The molecule has 0 amide bonds. The van der Waals surface area contributed by atoms with Crippen molar-refractivity contribution in [3.05, 3.63) is 33.8 Å². The molecule has 0 aliphatic carbocycles. The lowest BCUT2D eigenvalue weighted by molar-refractivity contribution is 0.206. The Labute approximate surface area is 111 Å². The number of imidazole rings is 1. The van der Waals surface area contributed by atoms with Crippen LogP contribution in [0.1, 0.15) is 49.1 Å². The van der Waals surface area contributed by atoms with E-state index in [4.69, 9.17) is 0 Å². The summed E-state index contributed by atoms with van der Waals surface area (Å²) in [6.45, 7) is 8.28. The summed E-state index contributed by atoms with van der Waals surface area (Å²) in [4.78, 5) is 8.73. The van der Waals surface area contributed by atoms with Crippen LogP contribution in [-0.4, -0.2) is 19.6 Å². The summed E-state index contributed by atoms with van der Waals surface area (Å²) >= 11 is 1.59. The van der Waals surface area contributed by atoms with Crippen LogP contribution >= 0.6 is 11.3 Å². The van der Waals surface area contributed by atoms with E-state index in [9.17, 15) is 5.11 Å².